The smallest absolute Gasteiger partial charge is 0.160 e. The molecule has 0 aliphatic carbocycles. The summed E-state index contributed by atoms with van der Waals surface area (Å²) in [5, 5.41) is 6.93. The predicted octanol–water partition coefficient (Wildman–Crippen LogP) is 5.35. The van der Waals surface area contributed by atoms with E-state index in [1.54, 1.807) is 6.92 Å². The van der Waals surface area contributed by atoms with Crippen LogP contribution in [0.5, 0.6) is 0 Å². The Morgan fingerprint density at radius 3 is 2.05 bits per heavy atom. The molecule has 4 aromatic carbocycles. The number of ketones is 1. The molecular weight excluding hydrogens is 256 g/mol. The van der Waals surface area contributed by atoms with Crippen LogP contribution in [0.2, 0.25) is 0 Å². The average Bonchev–Trinajstić information content (AvgIpc) is 2.53. The van der Waals surface area contributed by atoms with Crippen molar-refractivity contribution in [1.82, 2.24) is 0 Å². The highest BCUT2D eigenvalue weighted by molar-refractivity contribution is 6.22. The molecule has 0 aliphatic heterocycles. The van der Waals surface area contributed by atoms with Crippen LogP contribution >= 0.6 is 0 Å². The number of hydrogen-bond donors (Lipinski definition) is 0. The number of fused-ring (bicyclic) bond motifs is 5. The Labute approximate surface area is 122 Å². The van der Waals surface area contributed by atoms with Crippen LogP contribution in [0.15, 0.2) is 66.7 Å². The molecule has 0 amide bonds. The highest BCUT2D eigenvalue weighted by Crippen LogP contribution is 2.33. The van der Waals surface area contributed by atoms with E-state index in [4.69, 9.17) is 0 Å². The summed E-state index contributed by atoms with van der Waals surface area (Å²) >= 11 is 0. The molecule has 0 fully saturated rings. The van der Waals surface area contributed by atoms with Crippen molar-refractivity contribution in [2.45, 2.75) is 6.92 Å². The second kappa shape index (κ2) is 4.42. The summed E-state index contributed by atoms with van der Waals surface area (Å²) in [5.74, 6) is 0.112. The number of carbonyl (C=O) groups excluding carboxylic acids is 1. The normalized spacial score (nSPS) is 11.3. The van der Waals surface area contributed by atoms with Crippen molar-refractivity contribution in [2.24, 2.45) is 0 Å². The van der Waals surface area contributed by atoms with Crippen molar-refractivity contribution in [3.63, 3.8) is 0 Å². The zero-order chi connectivity index (χ0) is 14.4. The molecule has 0 saturated carbocycles. The minimum Gasteiger partial charge on any atom is -0.294 e. The molecule has 21 heavy (non-hydrogen) atoms. The highest BCUT2D eigenvalue weighted by Gasteiger charge is 2.11. The minimum absolute atomic E-state index is 0.112. The quantitative estimate of drug-likeness (QED) is 0.336. The van der Waals surface area contributed by atoms with Gasteiger partial charge in [-0.2, -0.15) is 0 Å². The van der Waals surface area contributed by atoms with Gasteiger partial charge in [-0.25, -0.2) is 0 Å². The van der Waals surface area contributed by atoms with E-state index in [1.165, 1.54) is 16.2 Å². The standard InChI is InChI=1S/C20H14O/c1-13(21)19-12-20-15-7-3-2-6-14(15)10-11-18(20)16-8-4-5-9-17(16)19/h2-12H,1H3. The molecule has 0 unspecified atom stereocenters. The van der Waals surface area contributed by atoms with Gasteiger partial charge in [0.2, 0.25) is 0 Å². The van der Waals surface area contributed by atoms with Crippen molar-refractivity contribution in [1.29, 1.82) is 0 Å². The monoisotopic (exact) mass is 270 g/mol. The second-order valence-corrected chi connectivity index (χ2v) is 5.41. The van der Waals surface area contributed by atoms with E-state index in [9.17, 15) is 4.79 Å². The van der Waals surface area contributed by atoms with Gasteiger partial charge in [0.15, 0.2) is 5.78 Å². The SMILES string of the molecule is CC(=O)c1cc2c3ccccc3ccc2c2ccccc12. The van der Waals surface area contributed by atoms with Gasteiger partial charge in [0.05, 0.1) is 0 Å². The molecule has 0 radical (unpaired) electrons. The molecule has 0 aromatic heterocycles. The van der Waals surface area contributed by atoms with Crippen LogP contribution in [0.4, 0.5) is 0 Å². The second-order valence-electron chi connectivity index (χ2n) is 5.41. The third-order valence-electron chi connectivity index (χ3n) is 4.15. The molecule has 0 atom stereocenters. The molecule has 0 heterocycles. The van der Waals surface area contributed by atoms with Crippen molar-refractivity contribution in [2.75, 3.05) is 0 Å². The van der Waals surface area contributed by atoms with Gasteiger partial charge in [-0.1, -0.05) is 60.7 Å². The maximum atomic E-state index is 12.0. The van der Waals surface area contributed by atoms with E-state index >= 15 is 0 Å². The lowest BCUT2D eigenvalue weighted by Gasteiger charge is -2.10. The van der Waals surface area contributed by atoms with Crippen LogP contribution in [0.3, 0.4) is 0 Å². The molecule has 0 saturated heterocycles. The Bertz CT molecular complexity index is 1010. The van der Waals surface area contributed by atoms with Crippen LogP contribution in [-0.2, 0) is 0 Å². The third-order valence-corrected chi connectivity index (χ3v) is 4.15. The van der Waals surface area contributed by atoms with E-state index in [0.29, 0.717) is 0 Å². The molecule has 0 aliphatic rings. The van der Waals surface area contributed by atoms with E-state index in [1.807, 2.05) is 36.4 Å². The van der Waals surface area contributed by atoms with Crippen molar-refractivity contribution in [3.05, 3.63) is 72.3 Å². The van der Waals surface area contributed by atoms with Crippen LogP contribution < -0.4 is 0 Å². The molecule has 4 aromatic rings. The van der Waals surface area contributed by atoms with Gasteiger partial charge >= 0.3 is 0 Å². The van der Waals surface area contributed by atoms with Gasteiger partial charge in [-0.3, -0.25) is 4.79 Å². The Balaban J connectivity index is 2.32. The third kappa shape index (κ3) is 1.74. The van der Waals surface area contributed by atoms with Crippen LogP contribution in [0, 0.1) is 0 Å². The molecule has 4 rings (SSSR count). The highest BCUT2D eigenvalue weighted by atomic mass is 16.1. The Morgan fingerprint density at radius 1 is 0.667 bits per heavy atom. The van der Waals surface area contributed by atoms with Gasteiger partial charge < -0.3 is 0 Å². The lowest BCUT2D eigenvalue weighted by Crippen LogP contribution is -1.94. The summed E-state index contributed by atoms with van der Waals surface area (Å²) in [6.07, 6.45) is 0. The lowest BCUT2D eigenvalue weighted by atomic mass is 9.92. The van der Waals surface area contributed by atoms with Gasteiger partial charge in [0.1, 0.15) is 0 Å². The first-order valence-electron chi connectivity index (χ1n) is 7.10. The van der Waals surface area contributed by atoms with Crippen LogP contribution in [0.25, 0.3) is 32.3 Å². The summed E-state index contributed by atoms with van der Waals surface area (Å²) in [6.45, 7) is 1.64. The van der Waals surface area contributed by atoms with Gasteiger partial charge in [-0.15, -0.1) is 0 Å². The fraction of sp³-hybridized carbons (Fsp3) is 0.0500. The topological polar surface area (TPSA) is 17.1 Å². The van der Waals surface area contributed by atoms with E-state index in [0.717, 1.165) is 21.7 Å². The predicted molar refractivity (Wildman–Crippen MR) is 89.0 cm³/mol. The maximum Gasteiger partial charge on any atom is 0.160 e. The van der Waals surface area contributed by atoms with Gasteiger partial charge in [-0.05, 0) is 45.3 Å². The molecule has 1 heteroatoms. The fourth-order valence-electron chi connectivity index (χ4n) is 3.15. The van der Waals surface area contributed by atoms with Crippen molar-refractivity contribution in [3.8, 4) is 0 Å². The number of carbonyl (C=O) groups is 1. The Hall–Kier alpha value is -2.67. The first kappa shape index (κ1) is 12.1. The minimum atomic E-state index is 0.112. The van der Waals surface area contributed by atoms with Gasteiger partial charge in [0.25, 0.3) is 0 Å². The largest absolute Gasteiger partial charge is 0.294 e. The molecule has 1 nitrogen and oxygen atoms in total. The van der Waals surface area contributed by atoms with Crippen LogP contribution in [0.1, 0.15) is 17.3 Å². The lowest BCUT2D eigenvalue weighted by molar-refractivity contribution is 0.101. The molecule has 0 bridgehead atoms. The van der Waals surface area contributed by atoms with Gasteiger partial charge in [0, 0.05) is 5.56 Å². The van der Waals surface area contributed by atoms with Crippen LogP contribution in [-0.4, -0.2) is 5.78 Å². The van der Waals surface area contributed by atoms with Crippen molar-refractivity contribution >= 4 is 38.1 Å². The zero-order valence-corrected chi connectivity index (χ0v) is 11.8. The number of Topliss-reactive ketones (excluding diaryl/α,β-unsaturated/α-hetero) is 1. The maximum absolute atomic E-state index is 12.0. The molecular formula is C20H14O. The zero-order valence-electron chi connectivity index (χ0n) is 11.8. The number of benzene rings is 4. The molecule has 0 N–H and O–H groups in total. The summed E-state index contributed by atoms with van der Waals surface area (Å²) in [6, 6.07) is 22.8. The van der Waals surface area contributed by atoms with E-state index in [-0.39, 0.29) is 5.78 Å². The average molecular weight is 270 g/mol. The first-order chi connectivity index (χ1) is 10.3. The summed E-state index contributed by atoms with van der Waals surface area (Å²) < 4.78 is 0. The summed E-state index contributed by atoms with van der Waals surface area (Å²) in [4.78, 5) is 12.0. The number of hydrogen-bond acceptors (Lipinski definition) is 1. The van der Waals surface area contributed by atoms with Crippen molar-refractivity contribution < 1.29 is 4.79 Å². The molecule has 0 spiro atoms. The van der Waals surface area contributed by atoms with E-state index in [2.05, 4.69) is 30.3 Å². The molecule has 100 valence electrons. The summed E-state index contributed by atoms with van der Waals surface area (Å²) in [7, 11) is 0. The van der Waals surface area contributed by atoms with E-state index < -0.39 is 0 Å². The first-order valence-corrected chi connectivity index (χ1v) is 7.10. The summed E-state index contributed by atoms with van der Waals surface area (Å²) in [5.41, 5.74) is 0.800. The number of rotatable bonds is 1. The Morgan fingerprint density at radius 2 is 1.29 bits per heavy atom. The fourth-order valence-corrected chi connectivity index (χ4v) is 3.15. The Kier molecular flexibility index (Phi) is 2.55.